The summed E-state index contributed by atoms with van der Waals surface area (Å²) in [6, 6.07) is 1.29. The van der Waals surface area contributed by atoms with E-state index in [2.05, 4.69) is 36.4 Å². The van der Waals surface area contributed by atoms with Gasteiger partial charge in [0.05, 0.1) is 5.69 Å². The molecule has 0 atom stereocenters. The lowest BCUT2D eigenvalue weighted by atomic mass is 10.3. The van der Waals surface area contributed by atoms with E-state index in [0.29, 0.717) is 6.04 Å². The molecule has 1 heterocycles. The Balaban J connectivity index is 1.93. The van der Waals surface area contributed by atoms with Gasteiger partial charge in [-0.2, -0.15) is 0 Å². The molecule has 2 rings (SSSR count). The highest BCUT2D eigenvalue weighted by molar-refractivity contribution is 7.13. The van der Waals surface area contributed by atoms with Gasteiger partial charge in [-0.05, 0) is 33.1 Å². The molecule has 3 nitrogen and oxygen atoms in total. The number of hydrogen-bond donors (Lipinski definition) is 1. The van der Waals surface area contributed by atoms with E-state index >= 15 is 0 Å². The van der Waals surface area contributed by atoms with Crippen LogP contribution in [0.5, 0.6) is 0 Å². The average Bonchev–Trinajstić information content (AvgIpc) is 3.01. The minimum absolute atomic E-state index is 0.533. The number of aromatic nitrogens is 1. The Morgan fingerprint density at radius 2 is 2.29 bits per heavy atom. The van der Waals surface area contributed by atoms with E-state index in [4.69, 9.17) is 4.98 Å². The van der Waals surface area contributed by atoms with Crippen LogP contribution in [0.4, 0.5) is 5.13 Å². The monoisotopic (exact) mass is 253 g/mol. The molecule has 0 unspecified atom stereocenters. The fourth-order valence-corrected chi connectivity index (χ4v) is 2.85. The summed E-state index contributed by atoms with van der Waals surface area (Å²) in [6.07, 6.45) is 3.85. The largest absolute Gasteiger partial charge is 0.346 e. The van der Waals surface area contributed by atoms with E-state index in [1.165, 1.54) is 30.1 Å². The number of thiazole rings is 1. The molecule has 1 aliphatic rings. The van der Waals surface area contributed by atoms with Crippen LogP contribution in [0.2, 0.25) is 0 Å². The van der Waals surface area contributed by atoms with Crippen LogP contribution in [-0.2, 0) is 6.54 Å². The van der Waals surface area contributed by atoms with Gasteiger partial charge in [-0.25, -0.2) is 4.98 Å². The predicted molar refractivity (Wildman–Crippen MR) is 74.7 cm³/mol. The number of hydrogen-bond acceptors (Lipinski definition) is 4. The van der Waals surface area contributed by atoms with Crippen molar-refractivity contribution >= 4 is 16.5 Å². The van der Waals surface area contributed by atoms with Crippen LogP contribution in [0.25, 0.3) is 0 Å². The minimum Gasteiger partial charge on any atom is -0.346 e. The zero-order valence-corrected chi connectivity index (χ0v) is 11.9. The zero-order chi connectivity index (χ0) is 12.3. The van der Waals surface area contributed by atoms with E-state index in [9.17, 15) is 0 Å². The summed E-state index contributed by atoms with van der Waals surface area (Å²) < 4.78 is 0. The van der Waals surface area contributed by atoms with Crippen molar-refractivity contribution in [2.24, 2.45) is 0 Å². The molecule has 0 spiro atoms. The average molecular weight is 253 g/mol. The van der Waals surface area contributed by atoms with Crippen molar-refractivity contribution < 1.29 is 0 Å². The molecular weight excluding hydrogens is 230 g/mol. The lowest BCUT2D eigenvalue weighted by Gasteiger charge is -2.25. The molecule has 1 aromatic heterocycles. The van der Waals surface area contributed by atoms with Crippen LogP contribution in [0.15, 0.2) is 5.38 Å². The SMILES string of the molecule is CCCN(c1nc(CNC2CC2)cs1)C(C)C. The molecule has 0 bridgehead atoms. The Bertz CT molecular complexity index is 344. The maximum absolute atomic E-state index is 4.73. The second kappa shape index (κ2) is 5.83. The van der Waals surface area contributed by atoms with E-state index < -0.39 is 0 Å². The van der Waals surface area contributed by atoms with Crippen molar-refractivity contribution in [3.8, 4) is 0 Å². The summed E-state index contributed by atoms with van der Waals surface area (Å²) in [5.74, 6) is 0. The van der Waals surface area contributed by atoms with Crippen LogP contribution in [0.1, 0.15) is 45.7 Å². The standard InChI is InChI=1S/C13H23N3S/c1-4-7-16(10(2)3)13-15-12(9-17-13)8-14-11-5-6-11/h9-11,14H,4-8H2,1-3H3. The molecule has 1 fully saturated rings. The van der Waals surface area contributed by atoms with Gasteiger partial charge < -0.3 is 10.2 Å². The van der Waals surface area contributed by atoms with Crippen LogP contribution in [-0.4, -0.2) is 23.6 Å². The smallest absolute Gasteiger partial charge is 0.185 e. The van der Waals surface area contributed by atoms with Crippen LogP contribution < -0.4 is 10.2 Å². The first-order chi connectivity index (χ1) is 8.20. The molecule has 4 heteroatoms. The van der Waals surface area contributed by atoms with Crippen LogP contribution in [0, 0.1) is 0 Å². The van der Waals surface area contributed by atoms with Crippen LogP contribution in [0.3, 0.4) is 0 Å². The van der Waals surface area contributed by atoms with Gasteiger partial charge in [0, 0.05) is 30.6 Å². The molecule has 0 saturated heterocycles. The van der Waals surface area contributed by atoms with Gasteiger partial charge in [-0.3, -0.25) is 0 Å². The number of nitrogens with one attached hydrogen (secondary N) is 1. The van der Waals surface area contributed by atoms with Gasteiger partial charge in [0.1, 0.15) is 0 Å². The molecule has 0 aromatic carbocycles. The molecule has 1 aliphatic carbocycles. The molecule has 0 radical (unpaired) electrons. The fraction of sp³-hybridized carbons (Fsp3) is 0.769. The molecule has 1 saturated carbocycles. The second-order valence-corrected chi connectivity index (χ2v) is 5.90. The highest BCUT2D eigenvalue weighted by Gasteiger charge is 2.21. The Morgan fingerprint density at radius 1 is 1.53 bits per heavy atom. The number of anilines is 1. The molecule has 1 N–H and O–H groups in total. The van der Waals surface area contributed by atoms with Gasteiger partial charge in [-0.15, -0.1) is 11.3 Å². The normalized spacial score (nSPS) is 15.5. The molecule has 0 amide bonds. The van der Waals surface area contributed by atoms with E-state index in [0.717, 1.165) is 19.1 Å². The van der Waals surface area contributed by atoms with Crippen molar-refractivity contribution in [3.05, 3.63) is 11.1 Å². The summed E-state index contributed by atoms with van der Waals surface area (Å²) in [4.78, 5) is 7.13. The highest BCUT2D eigenvalue weighted by atomic mass is 32.1. The maximum Gasteiger partial charge on any atom is 0.185 e. The third-order valence-corrected chi connectivity index (χ3v) is 3.95. The van der Waals surface area contributed by atoms with Crippen molar-refractivity contribution in [3.63, 3.8) is 0 Å². The number of rotatable bonds is 7. The summed E-state index contributed by atoms with van der Waals surface area (Å²) >= 11 is 1.77. The molecule has 1 aromatic rings. The van der Waals surface area contributed by atoms with Crippen molar-refractivity contribution in [2.75, 3.05) is 11.4 Å². The van der Waals surface area contributed by atoms with E-state index in [1.807, 2.05) is 0 Å². The fourth-order valence-electron chi connectivity index (χ4n) is 1.86. The van der Waals surface area contributed by atoms with Gasteiger partial charge in [0.25, 0.3) is 0 Å². The summed E-state index contributed by atoms with van der Waals surface area (Å²) in [6.45, 7) is 8.72. The first-order valence-electron chi connectivity index (χ1n) is 6.65. The third kappa shape index (κ3) is 3.68. The Morgan fingerprint density at radius 3 is 2.88 bits per heavy atom. The van der Waals surface area contributed by atoms with Gasteiger partial charge in [0.2, 0.25) is 0 Å². The molecular formula is C13H23N3S. The third-order valence-electron chi connectivity index (χ3n) is 3.02. The summed E-state index contributed by atoms with van der Waals surface area (Å²) in [5.41, 5.74) is 1.19. The van der Waals surface area contributed by atoms with Crippen LogP contribution >= 0.6 is 11.3 Å². The maximum atomic E-state index is 4.73. The predicted octanol–water partition coefficient (Wildman–Crippen LogP) is 3.02. The summed E-state index contributed by atoms with van der Waals surface area (Å²) in [7, 11) is 0. The zero-order valence-electron chi connectivity index (χ0n) is 11.1. The van der Waals surface area contributed by atoms with Gasteiger partial charge in [0.15, 0.2) is 5.13 Å². The Labute approximate surface area is 108 Å². The molecule has 0 aliphatic heterocycles. The molecule has 17 heavy (non-hydrogen) atoms. The first-order valence-corrected chi connectivity index (χ1v) is 7.53. The Hall–Kier alpha value is -0.610. The van der Waals surface area contributed by atoms with Gasteiger partial charge >= 0.3 is 0 Å². The number of nitrogens with zero attached hydrogens (tertiary/aromatic N) is 2. The highest BCUT2D eigenvalue weighted by Crippen LogP contribution is 2.24. The lowest BCUT2D eigenvalue weighted by Crippen LogP contribution is -2.31. The van der Waals surface area contributed by atoms with E-state index in [1.54, 1.807) is 11.3 Å². The van der Waals surface area contributed by atoms with E-state index in [-0.39, 0.29) is 0 Å². The summed E-state index contributed by atoms with van der Waals surface area (Å²) in [5, 5.41) is 6.88. The Kier molecular flexibility index (Phi) is 4.40. The van der Waals surface area contributed by atoms with Crippen molar-refractivity contribution in [2.45, 2.75) is 58.7 Å². The van der Waals surface area contributed by atoms with Gasteiger partial charge in [-0.1, -0.05) is 6.92 Å². The quantitative estimate of drug-likeness (QED) is 0.809. The van der Waals surface area contributed by atoms with Crippen molar-refractivity contribution in [1.29, 1.82) is 0 Å². The molecule has 96 valence electrons. The van der Waals surface area contributed by atoms with Crippen molar-refractivity contribution in [1.82, 2.24) is 10.3 Å². The first kappa shape index (κ1) is 12.8. The lowest BCUT2D eigenvalue weighted by molar-refractivity contribution is 0.657. The minimum atomic E-state index is 0.533. The second-order valence-electron chi connectivity index (χ2n) is 5.06. The topological polar surface area (TPSA) is 28.2 Å².